The topological polar surface area (TPSA) is 96.7 Å². The average molecular weight is 253 g/mol. The predicted octanol–water partition coefficient (Wildman–Crippen LogP) is 0.418. The molecule has 0 radical (unpaired) electrons. The zero-order valence-electron chi connectivity index (χ0n) is 11.1. The maximum Gasteiger partial charge on any atom is 0.272 e. The van der Waals surface area contributed by atoms with Gasteiger partial charge in [-0.1, -0.05) is 5.16 Å². The minimum Gasteiger partial charge on any atom is -0.409 e. The van der Waals surface area contributed by atoms with Gasteiger partial charge in [-0.05, 0) is 26.8 Å². The summed E-state index contributed by atoms with van der Waals surface area (Å²) in [4.78, 5) is 13.7. The van der Waals surface area contributed by atoms with Crippen LogP contribution >= 0.6 is 0 Å². The highest BCUT2D eigenvalue weighted by molar-refractivity contribution is 5.96. The Morgan fingerprint density at radius 3 is 2.83 bits per heavy atom. The zero-order chi connectivity index (χ0) is 13.9. The maximum atomic E-state index is 12.3. The Morgan fingerprint density at radius 2 is 2.33 bits per heavy atom. The molecule has 0 fully saturated rings. The molecule has 1 amide bonds. The fraction of sp³-hybridized carbons (Fsp3) is 0.545. The third-order valence-electron chi connectivity index (χ3n) is 2.87. The van der Waals surface area contributed by atoms with Crippen LogP contribution < -0.4 is 5.73 Å². The van der Waals surface area contributed by atoms with Gasteiger partial charge in [0.05, 0.1) is 11.7 Å². The van der Waals surface area contributed by atoms with E-state index in [9.17, 15) is 4.79 Å². The molecule has 1 aromatic rings. The lowest BCUT2D eigenvalue weighted by atomic mass is 10.2. The molecule has 18 heavy (non-hydrogen) atoms. The number of likely N-dealkylation sites (N-methyl/N-ethyl adjacent to an activating group) is 1. The number of aryl methyl sites for hydroxylation is 2. The molecule has 0 saturated carbocycles. The normalized spacial score (nSPS) is 13.4. The van der Waals surface area contributed by atoms with E-state index in [4.69, 9.17) is 10.9 Å². The van der Waals surface area contributed by atoms with Gasteiger partial charge in [-0.3, -0.25) is 9.48 Å². The van der Waals surface area contributed by atoms with Crippen molar-refractivity contribution in [1.82, 2.24) is 14.7 Å². The first-order chi connectivity index (χ1) is 8.42. The highest BCUT2D eigenvalue weighted by atomic mass is 16.4. The molecule has 1 heterocycles. The number of hydrogen-bond acceptors (Lipinski definition) is 4. The van der Waals surface area contributed by atoms with E-state index in [0.717, 1.165) is 5.69 Å². The van der Waals surface area contributed by atoms with Gasteiger partial charge in [-0.2, -0.15) is 5.10 Å². The minimum atomic E-state index is -0.483. The van der Waals surface area contributed by atoms with Crippen molar-refractivity contribution in [3.8, 4) is 0 Å². The number of rotatable bonds is 4. The summed E-state index contributed by atoms with van der Waals surface area (Å²) in [5.74, 6) is -0.221. The molecule has 0 spiro atoms. The summed E-state index contributed by atoms with van der Waals surface area (Å²) in [5.41, 5.74) is 6.77. The lowest BCUT2D eigenvalue weighted by Crippen LogP contribution is -2.44. The van der Waals surface area contributed by atoms with Crippen LogP contribution in [-0.2, 0) is 6.54 Å². The van der Waals surface area contributed by atoms with E-state index in [1.54, 1.807) is 24.7 Å². The van der Waals surface area contributed by atoms with Gasteiger partial charge in [-0.25, -0.2) is 0 Å². The molecule has 7 heteroatoms. The lowest BCUT2D eigenvalue weighted by molar-refractivity contribution is 0.0764. The Labute approximate surface area is 106 Å². The van der Waals surface area contributed by atoms with Gasteiger partial charge in [0, 0.05) is 13.6 Å². The summed E-state index contributed by atoms with van der Waals surface area (Å²) < 4.78 is 1.63. The van der Waals surface area contributed by atoms with Crippen molar-refractivity contribution in [3.63, 3.8) is 0 Å². The fourth-order valence-electron chi connectivity index (χ4n) is 1.60. The van der Waals surface area contributed by atoms with Crippen molar-refractivity contribution in [2.24, 2.45) is 10.9 Å². The molecular formula is C11H19N5O2. The number of nitrogens with two attached hydrogens (primary N) is 1. The van der Waals surface area contributed by atoms with Gasteiger partial charge in [0.25, 0.3) is 5.91 Å². The molecule has 1 aromatic heterocycles. The highest BCUT2D eigenvalue weighted by Crippen LogP contribution is 2.09. The molecule has 1 rings (SSSR count). The predicted molar refractivity (Wildman–Crippen MR) is 67.6 cm³/mol. The SMILES string of the molecule is CCn1nc(C)cc1C(=O)N(C)C(C)C(N)=NO. The summed E-state index contributed by atoms with van der Waals surface area (Å²) >= 11 is 0. The lowest BCUT2D eigenvalue weighted by Gasteiger charge is -2.23. The first kappa shape index (κ1) is 14.0. The Morgan fingerprint density at radius 1 is 1.72 bits per heavy atom. The van der Waals surface area contributed by atoms with Gasteiger partial charge in [-0.15, -0.1) is 0 Å². The first-order valence-electron chi connectivity index (χ1n) is 5.71. The average Bonchev–Trinajstić information content (AvgIpc) is 2.76. The molecule has 0 aromatic carbocycles. The van der Waals surface area contributed by atoms with Crippen LogP contribution in [0.2, 0.25) is 0 Å². The molecule has 3 N–H and O–H groups in total. The van der Waals surface area contributed by atoms with Crippen LogP contribution in [0.25, 0.3) is 0 Å². The number of hydrogen-bond donors (Lipinski definition) is 2. The van der Waals surface area contributed by atoms with Gasteiger partial charge in [0.15, 0.2) is 5.84 Å². The van der Waals surface area contributed by atoms with E-state index < -0.39 is 6.04 Å². The van der Waals surface area contributed by atoms with E-state index in [1.165, 1.54) is 4.90 Å². The number of carbonyl (C=O) groups is 1. The molecule has 0 aliphatic heterocycles. The van der Waals surface area contributed by atoms with Crippen LogP contribution in [0.15, 0.2) is 11.2 Å². The van der Waals surface area contributed by atoms with Gasteiger partial charge >= 0.3 is 0 Å². The number of amides is 1. The summed E-state index contributed by atoms with van der Waals surface area (Å²) in [6, 6.07) is 1.24. The van der Waals surface area contributed by atoms with Crippen molar-refractivity contribution in [1.29, 1.82) is 0 Å². The second kappa shape index (κ2) is 5.52. The third kappa shape index (κ3) is 2.61. The summed E-state index contributed by atoms with van der Waals surface area (Å²) in [6.45, 7) is 6.04. The van der Waals surface area contributed by atoms with Crippen molar-refractivity contribution < 1.29 is 10.0 Å². The molecule has 1 atom stereocenters. The molecule has 0 bridgehead atoms. The van der Waals surface area contributed by atoms with Crippen LogP contribution in [-0.4, -0.2) is 44.7 Å². The van der Waals surface area contributed by atoms with Crippen LogP contribution in [0.5, 0.6) is 0 Å². The van der Waals surface area contributed by atoms with Crippen LogP contribution in [0.3, 0.4) is 0 Å². The smallest absolute Gasteiger partial charge is 0.272 e. The van der Waals surface area contributed by atoms with E-state index in [-0.39, 0.29) is 11.7 Å². The first-order valence-corrected chi connectivity index (χ1v) is 5.71. The second-order valence-corrected chi connectivity index (χ2v) is 4.10. The number of nitrogens with zero attached hydrogens (tertiary/aromatic N) is 4. The standard InChI is InChI=1S/C11H19N5O2/c1-5-16-9(6-7(2)13-16)11(17)15(4)8(3)10(12)14-18/h6,8,18H,5H2,1-4H3,(H2,12,14). The number of oxime groups is 1. The van der Waals surface area contributed by atoms with Gasteiger partial charge < -0.3 is 15.8 Å². The van der Waals surface area contributed by atoms with Crippen molar-refractivity contribution in [3.05, 3.63) is 17.5 Å². The Bertz CT molecular complexity index is 466. The fourth-order valence-corrected chi connectivity index (χ4v) is 1.60. The Balaban J connectivity index is 2.99. The monoisotopic (exact) mass is 253 g/mol. The second-order valence-electron chi connectivity index (χ2n) is 4.10. The zero-order valence-corrected chi connectivity index (χ0v) is 11.1. The van der Waals surface area contributed by atoms with Gasteiger partial charge in [0.2, 0.25) is 0 Å². The summed E-state index contributed by atoms with van der Waals surface area (Å²) in [7, 11) is 1.60. The van der Waals surface area contributed by atoms with E-state index >= 15 is 0 Å². The van der Waals surface area contributed by atoms with Crippen molar-refractivity contribution in [2.45, 2.75) is 33.4 Å². The van der Waals surface area contributed by atoms with E-state index in [2.05, 4.69) is 10.3 Å². The Kier molecular flexibility index (Phi) is 4.30. The molecule has 0 aliphatic rings. The molecular weight excluding hydrogens is 234 g/mol. The van der Waals surface area contributed by atoms with Crippen LogP contribution in [0, 0.1) is 6.92 Å². The highest BCUT2D eigenvalue weighted by Gasteiger charge is 2.23. The largest absolute Gasteiger partial charge is 0.409 e. The van der Waals surface area contributed by atoms with E-state index in [0.29, 0.717) is 12.2 Å². The maximum absolute atomic E-state index is 12.3. The number of amidine groups is 1. The molecule has 0 aliphatic carbocycles. The van der Waals surface area contributed by atoms with Crippen LogP contribution in [0.4, 0.5) is 0 Å². The molecule has 7 nitrogen and oxygen atoms in total. The molecule has 0 saturated heterocycles. The third-order valence-corrected chi connectivity index (χ3v) is 2.87. The number of carbonyl (C=O) groups excluding carboxylic acids is 1. The van der Waals surface area contributed by atoms with Crippen molar-refractivity contribution >= 4 is 11.7 Å². The van der Waals surface area contributed by atoms with Crippen LogP contribution in [0.1, 0.15) is 30.0 Å². The van der Waals surface area contributed by atoms with Crippen molar-refractivity contribution in [2.75, 3.05) is 7.05 Å². The minimum absolute atomic E-state index is 0.00913. The summed E-state index contributed by atoms with van der Waals surface area (Å²) in [6.07, 6.45) is 0. The summed E-state index contributed by atoms with van der Waals surface area (Å²) in [5, 5.41) is 15.7. The Hall–Kier alpha value is -2.05. The quantitative estimate of drug-likeness (QED) is 0.352. The number of aromatic nitrogens is 2. The molecule has 1 unspecified atom stereocenters. The van der Waals surface area contributed by atoms with Gasteiger partial charge in [0.1, 0.15) is 5.69 Å². The molecule has 100 valence electrons. The van der Waals surface area contributed by atoms with E-state index in [1.807, 2.05) is 13.8 Å².